The van der Waals surface area contributed by atoms with Gasteiger partial charge in [0.1, 0.15) is 0 Å². The zero-order valence-electron chi connectivity index (χ0n) is 34.4. The standard InChI is InChI=1S/C58H42N4/c1-40(42-17-7-3-8-18-42)60-58(59-39-41-15-5-2-6-16-41)45-27-33-49(34-28-45)62-55-24-14-12-22-51(55)53-38-47(30-36-57(53)62)46-29-35-56-52(37-46)50-21-11-13-23-54(50)61(56)48-31-25-44(26-32-48)43-19-9-4-10-20-43/h2-38H,39H2,1H3/b59-58-,60-40+. The van der Waals surface area contributed by atoms with E-state index in [0.717, 1.165) is 45.1 Å². The Morgan fingerprint density at radius 1 is 0.371 bits per heavy atom. The molecule has 0 spiro atoms. The molecule has 0 bridgehead atoms. The summed E-state index contributed by atoms with van der Waals surface area (Å²) in [5.74, 6) is 0.717. The van der Waals surface area contributed by atoms with Crippen molar-refractivity contribution in [2.45, 2.75) is 13.5 Å². The quantitative estimate of drug-likeness (QED) is 0.108. The van der Waals surface area contributed by atoms with Gasteiger partial charge in [-0.3, -0.25) is 4.99 Å². The third-order valence-corrected chi connectivity index (χ3v) is 12.0. The van der Waals surface area contributed by atoms with E-state index in [9.17, 15) is 0 Å². The Bertz CT molecular complexity index is 3450. The molecule has 0 aliphatic carbocycles. The molecule has 0 aliphatic heterocycles. The lowest BCUT2D eigenvalue weighted by Crippen LogP contribution is -2.05. The largest absolute Gasteiger partial charge is 0.309 e. The summed E-state index contributed by atoms with van der Waals surface area (Å²) in [6.07, 6.45) is 0. The summed E-state index contributed by atoms with van der Waals surface area (Å²) in [7, 11) is 0. The van der Waals surface area contributed by atoms with Crippen molar-refractivity contribution in [2.24, 2.45) is 9.98 Å². The van der Waals surface area contributed by atoms with Gasteiger partial charge in [0.25, 0.3) is 0 Å². The van der Waals surface area contributed by atoms with E-state index in [4.69, 9.17) is 9.98 Å². The van der Waals surface area contributed by atoms with Gasteiger partial charge in [0.05, 0.1) is 28.6 Å². The maximum absolute atomic E-state index is 5.09. The van der Waals surface area contributed by atoms with Crippen LogP contribution in [0.5, 0.6) is 0 Å². The molecule has 2 aromatic heterocycles. The monoisotopic (exact) mass is 794 g/mol. The predicted octanol–water partition coefficient (Wildman–Crippen LogP) is 14.7. The summed E-state index contributed by atoms with van der Waals surface area (Å²) in [5, 5.41) is 4.92. The molecule has 0 amide bonds. The summed E-state index contributed by atoms with van der Waals surface area (Å²) in [5.41, 5.74) is 15.9. The number of aliphatic imine (C=N–C) groups is 2. The highest BCUT2D eigenvalue weighted by Gasteiger charge is 2.17. The average Bonchev–Trinajstić information content (AvgIpc) is 3.86. The molecule has 0 fully saturated rings. The van der Waals surface area contributed by atoms with Crippen LogP contribution < -0.4 is 0 Å². The topological polar surface area (TPSA) is 34.6 Å². The second-order valence-electron chi connectivity index (χ2n) is 15.8. The summed E-state index contributed by atoms with van der Waals surface area (Å²) < 4.78 is 4.76. The van der Waals surface area contributed by atoms with Crippen molar-refractivity contribution < 1.29 is 0 Å². The highest BCUT2D eigenvalue weighted by molar-refractivity contribution is 6.14. The van der Waals surface area contributed by atoms with Crippen LogP contribution in [0, 0.1) is 0 Å². The number of nitrogens with zero attached hydrogens (tertiary/aromatic N) is 4. The highest BCUT2D eigenvalue weighted by atomic mass is 15.0. The Kier molecular flexibility index (Phi) is 9.44. The van der Waals surface area contributed by atoms with Gasteiger partial charge in [0.15, 0.2) is 5.84 Å². The fourth-order valence-corrected chi connectivity index (χ4v) is 8.90. The molecule has 0 saturated heterocycles. The van der Waals surface area contributed by atoms with Crippen molar-refractivity contribution in [2.75, 3.05) is 0 Å². The number of para-hydroxylation sites is 2. The van der Waals surface area contributed by atoms with Crippen molar-refractivity contribution in [3.63, 3.8) is 0 Å². The summed E-state index contributed by atoms with van der Waals surface area (Å²) in [4.78, 5) is 10.1. The first-order valence-electron chi connectivity index (χ1n) is 21.2. The SMILES string of the molecule is C/C(=N\C(=N/Cc1ccccc1)c1ccc(-n2c3ccccc3c3cc(-c4ccc5c(c4)c4ccccc4n5-c4ccc(-c5ccccc5)cc4)ccc32)cc1)c1ccccc1. The summed E-state index contributed by atoms with van der Waals surface area (Å²) >= 11 is 0. The van der Waals surface area contributed by atoms with Gasteiger partial charge in [0, 0.05) is 44.2 Å². The molecule has 62 heavy (non-hydrogen) atoms. The number of fused-ring (bicyclic) bond motifs is 6. The molecule has 2 heterocycles. The van der Waals surface area contributed by atoms with Crippen molar-refractivity contribution >= 4 is 55.2 Å². The van der Waals surface area contributed by atoms with Crippen molar-refractivity contribution in [3.05, 3.63) is 241 Å². The van der Waals surface area contributed by atoms with E-state index < -0.39 is 0 Å². The van der Waals surface area contributed by atoms with Gasteiger partial charge in [-0.1, -0.05) is 152 Å². The highest BCUT2D eigenvalue weighted by Crippen LogP contribution is 2.38. The van der Waals surface area contributed by atoms with Gasteiger partial charge in [-0.05, 0) is 113 Å². The van der Waals surface area contributed by atoms with Crippen LogP contribution >= 0.6 is 0 Å². The van der Waals surface area contributed by atoms with Crippen LogP contribution in [0.3, 0.4) is 0 Å². The summed E-state index contributed by atoms with van der Waals surface area (Å²) in [6.45, 7) is 2.60. The average molecular weight is 795 g/mol. The molecule has 0 atom stereocenters. The first-order chi connectivity index (χ1) is 30.7. The Hall–Kier alpha value is -8.08. The molecular weight excluding hydrogens is 753 g/mol. The molecule has 11 aromatic rings. The van der Waals surface area contributed by atoms with E-state index in [1.165, 1.54) is 60.3 Å². The fraction of sp³-hybridized carbons (Fsp3) is 0.0345. The van der Waals surface area contributed by atoms with Gasteiger partial charge in [-0.25, -0.2) is 4.99 Å². The number of amidine groups is 1. The Balaban J connectivity index is 0.966. The fourth-order valence-electron chi connectivity index (χ4n) is 8.90. The van der Waals surface area contributed by atoms with Crippen LogP contribution in [0.1, 0.15) is 23.6 Å². The van der Waals surface area contributed by atoms with Crippen LogP contribution in [-0.4, -0.2) is 20.7 Å². The van der Waals surface area contributed by atoms with Gasteiger partial charge in [-0.15, -0.1) is 0 Å². The lowest BCUT2D eigenvalue weighted by Gasteiger charge is -2.11. The second-order valence-corrected chi connectivity index (χ2v) is 15.8. The van der Waals surface area contributed by atoms with E-state index in [-0.39, 0.29) is 0 Å². The first-order valence-corrected chi connectivity index (χ1v) is 21.2. The van der Waals surface area contributed by atoms with Gasteiger partial charge < -0.3 is 9.13 Å². The zero-order chi connectivity index (χ0) is 41.4. The van der Waals surface area contributed by atoms with E-state index in [2.05, 4.69) is 216 Å². The molecular formula is C58H42N4. The van der Waals surface area contributed by atoms with Crippen LogP contribution in [0.2, 0.25) is 0 Å². The first kappa shape index (κ1) is 37.0. The smallest absolute Gasteiger partial charge is 0.155 e. The third-order valence-electron chi connectivity index (χ3n) is 12.0. The van der Waals surface area contributed by atoms with Gasteiger partial charge in [0.2, 0.25) is 0 Å². The van der Waals surface area contributed by atoms with Crippen LogP contribution in [0.4, 0.5) is 0 Å². The van der Waals surface area contributed by atoms with Crippen LogP contribution in [-0.2, 0) is 6.54 Å². The molecule has 4 heteroatoms. The summed E-state index contributed by atoms with van der Waals surface area (Å²) in [6, 6.07) is 80.1. The predicted molar refractivity (Wildman–Crippen MR) is 261 cm³/mol. The molecule has 4 nitrogen and oxygen atoms in total. The van der Waals surface area contributed by atoms with Crippen LogP contribution in [0.25, 0.3) is 77.2 Å². The molecule has 0 saturated carbocycles. The minimum Gasteiger partial charge on any atom is -0.309 e. The van der Waals surface area contributed by atoms with Crippen molar-refractivity contribution in [1.82, 2.24) is 9.13 Å². The van der Waals surface area contributed by atoms with Crippen LogP contribution in [0.15, 0.2) is 234 Å². The van der Waals surface area contributed by atoms with E-state index in [0.29, 0.717) is 6.54 Å². The maximum Gasteiger partial charge on any atom is 0.155 e. The number of benzene rings is 9. The molecule has 0 N–H and O–H groups in total. The molecule has 11 rings (SSSR count). The number of hydrogen-bond donors (Lipinski definition) is 0. The van der Waals surface area contributed by atoms with E-state index >= 15 is 0 Å². The molecule has 294 valence electrons. The van der Waals surface area contributed by atoms with Crippen molar-refractivity contribution in [3.8, 4) is 33.6 Å². The number of aromatic nitrogens is 2. The minimum absolute atomic E-state index is 0.552. The van der Waals surface area contributed by atoms with E-state index in [1.54, 1.807) is 0 Å². The normalized spacial score (nSPS) is 12.2. The second kappa shape index (κ2) is 15.8. The third kappa shape index (κ3) is 6.78. The maximum atomic E-state index is 5.09. The minimum atomic E-state index is 0.552. The van der Waals surface area contributed by atoms with Crippen molar-refractivity contribution in [1.29, 1.82) is 0 Å². The van der Waals surface area contributed by atoms with Gasteiger partial charge >= 0.3 is 0 Å². The number of rotatable bonds is 8. The Labute approximate surface area is 361 Å². The lowest BCUT2D eigenvalue weighted by molar-refractivity contribution is 1.06. The zero-order valence-corrected chi connectivity index (χ0v) is 34.4. The molecule has 0 radical (unpaired) electrons. The Morgan fingerprint density at radius 2 is 0.806 bits per heavy atom. The molecule has 9 aromatic carbocycles. The number of hydrogen-bond acceptors (Lipinski definition) is 1. The van der Waals surface area contributed by atoms with E-state index in [1.807, 2.05) is 24.3 Å². The molecule has 0 aliphatic rings. The van der Waals surface area contributed by atoms with Gasteiger partial charge in [-0.2, -0.15) is 0 Å². The Morgan fingerprint density at radius 3 is 1.37 bits per heavy atom. The molecule has 0 unspecified atom stereocenters. The lowest BCUT2D eigenvalue weighted by atomic mass is 10.0.